The van der Waals surface area contributed by atoms with Gasteiger partial charge in [-0.2, -0.15) is 0 Å². The van der Waals surface area contributed by atoms with Crippen LogP contribution in [0.25, 0.3) is 22.2 Å². The minimum absolute atomic E-state index is 0.0622. The molecule has 0 spiro atoms. The number of fused-ring (bicyclic) bond motifs is 1. The molecule has 2 atom stereocenters. The van der Waals surface area contributed by atoms with Crippen molar-refractivity contribution in [2.24, 2.45) is 11.1 Å². The lowest BCUT2D eigenvalue weighted by molar-refractivity contribution is -0.188. The molecule has 2 N–H and O–H groups in total. The summed E-state index contributed by atoms with van der Waals surface area (Å²) in [6.45, 7) is 10.7. The first-order chi connectivity index (χ1) is 21.2. The van der Waals surface area contributed by atoms with Gasteiger partial charge < -0.3 is 19.6 Å². The summed E-state index contributed by atoms with van der Waals surface area (Å²) < 4.78 is 17.6. The average Bonchev–Trinajstić information content (AvgIpc) is 3.45. The molecule has 45 heavy (non-hydrogen) atoms. The van der Waals surface area contributed by atoms with Gasteiger partial charge in [0.1, 0.15) is 22.4 Å². The van der Waals surface area contributed by atoms with Gasteiger partial charge in [0.15, 0.2) is 11.2 Å². The van der Waals surface area contributed by atoms with Crippen LogP contribution in [-0.4, -0.2) is 45.5 Å². The van der Waals surface area contributed by atoms with Crippen LogP contribution in [0.15, 0.2) is 83.6 Å². The standard InChI is InChI=1S/C36H41N3O6/c1-33(2,3)44-31(41)35(17-12-19-39(32(42)45-34(4,5)6)36(35,37)27-13-8-7-9-14-27)29(40)23-26-22-25(28-15-10-11-18-38-28)21-24-16-20-43-30(24)26/h7-11,13-16,18,20-22H,12,17,19,23,37H2,1-6H3. The van der Waals surface area contributed by atoms with Crippen LogP contribution in [0, 0.1) is 5.41 Å². The number of benzene rings is 2. The van der Waals surface area contributed by atoms with Gasteiger partial charge in [-0.15, -0.1) is 0 Å². The van der Waals surface area contributed by atoms with Crippen molar-refractivity contribution < 1.29 is 28.3 Å². The van der Waals surface area contributed by atoms with E-state index in [2.05, 4.69) is 4.98 Å². The van der Waals surface area contributed by atoms with Crippen LogP contribution < -0.4 is 5.73 Å². The zero-order chi connectivity index (χ0) is 32.6. The summed E-state index contributed by atoms with van der Waals surface area (Å²) >= 11 is 0. The summed E-state index contributed by atoms with van der Waals surface area (Å²) in [6.07, 6.45) is 2.71. The molecule has 0 saturated carbocycles. The summed E-state index contributed by atoms with van der Waals surface area (Å²) in [5, 5.41) is 0.786. The molecule has 2 aromatic heterocycles. The van der Waals surface area contributed by atoms with Crippen molar-refractivity contribution in [3.63, 3.8) is 0 Å². The van der Waals surface area contributed by atoms with E-state index in [0.29, 0.717) is 23.1 Å². The van der Waals surface area contributed by atoms with E-state index >= 15 is 4.79 Å². The van der Waals surface area contributed by atoms with Gasteiger partial charge in [-0.25, -0.2) is 4.79 Å². The van der Waals surface area contributed by atoms with Gasteiger partial charge in [0.25, 0.3) is 0 Å². The largest absolute Gasteiger partial charge is 0.464 e. The first kappa shape index (κ1) is 31.9. The SMILES string of the molecule is CC(C)(C)OC(=O)N1CCCC(C(=O)Cc2cc(-c3ccccn3)cc3ccoc23)(C(=O)OC(C)(C)C)C1(N)c1ccccc1. The Labute approximate surface area is 263 Å². The molecule has 0 aliphatic carbocycles. The molecule has 1 aliphatic rings. The lowest BCUT2D eigenvalue weighted by Crippen LogP contribution is -2.73. The highest BCUT2D eigenvalue weighted by molar-refractivity contribution is 6.08. The quantitative estimate of drug-likeness (QED) is 0.187. The minimum Gasteiger partial charge on any atom is -0.464 e. The third-order valence-electron chi connectivity index (χ3n) is 8.00. The van der Waals surface area contributed by atoms with Gasteiger partial charge in [-0.05, 0) is 90.3 Å². The highest BCUT2D eigenvalue weighted by Gasteiger charge is 2.67. The number of nitrogens with zero attached hydrogens (tertiary/aromatic N) is 2. The Morgan fingerprint density at radius 1 is 0.933 bits per heavy atom. The van der Waals surface area contributed by atoms with E-state index < -0.39 is 40.1 Å². The van der Waals surface area contributed by atoms with Crippen LogP contribution >= 0.6 is 0 Å². The third-order valence-corrected chi connectivity index (χ3v) is 8.00. The first-order valence-electron chi connectivity index (χ1n) is 15.2. The van der Waals surface area contributed by atoms with E-state index in [4.69, 9.17) is 19.6 Å². The van der Waals surface area contributed by atoms with Crippen LogP contribution in [0.3, 0.4) is 0 Å². The number of ketones is 1. The van der Waals surface area contributed by atoms with Crippen LogP contribution in [0.2, 0.25) is 0 Å². The number of ether oxygens (including phenoxy) is 2. The fourth-order valence-corrected chi connectivity index (χ4v) is 6.13. The van der Waals surface area contributed by atoms with E-state index in [1.165, 1.54) is 4.90 Å². The number of piperidine rings is 1. The van der Waals surface area contributed by atoms with Crippen molar-refractivity contribution in [3.05, 3.63) is 90.3 Å². The number of amides is 1. The Morgan fingerprint density at radius 3 is 2.27 bits per heavy atom. The maximum atomic E-state index is 15.1. The lowest BCUT2D eigenvalue weighted by Gasteiger charge is -2.54. The number of furan rings is 1. The second-order valence-corrected chi connectivity index (χ2v) is 13.6. The second-order valence-electron chi connectivity index (χ2n) is 13.6. The molecule has 236 valence electrons. The van der Waals surface area contributed by atoms with Gasteiger partial charge in [-0.1, -0.05) is 36.4 Å². The van der Waals surface area contributed by atoms with Gasteiger partial charge in [-0.3, -0.25) is 19.5 Å². The number of carbonyl (C=O) groups is 3. The fourth-order valence-electron chi connectivity index (χ4n) is 6.13. The number of hydrogen-bond acceptors (Lipinski definition) is 8. The van der Waals surface area contributed by atoms with Crippen LogP contribution in [0.4, 0.5) is 4.79 Å². The summed E-state index contributed by atoms with van der Waals surface area (Å²) in [6, 6.07) is 20.0. The van der Waals surface area contributed by atoms with E-state index in [-0.39, 0.29) is 19.4 Å². The second kappa shape index (κ2) is 11.8. The molecule has 0 bridgehead atoms. The Bertz CT molecular complexity index is 1700. The molecule has 0 radical (unpaired) electrons. The average molecular weight is 612 g/mol. The molecule has 9 nitrogen and oxygen atoms in total. The van der Waals surface area contributed by atoms with Crippen LogP contribution in [-0.2, 0) is 31.1 Å². The van der Waals surface area contributed by atoms with Crippen molar-refractivity contribution in [2.45, 2.75) is 77.7 Å². The molecule has 5 rings (SSSR count). The predicted octanol–water partition coefficient (Wildman–Crippen LogP) is 6.78. The van der Waals surface area contributed by atoms with E-state index in [1.54, 1.807) is 84.3 Å². The topological polar surface area (TPSA) is 125 Å². The first-order valence-corrected chi connectivity index (χ1v) is 15.2. The smallest absolute Gasteiger partial charge is 0.412 e. The Kier molecular flexibility index (Phi) is 8.35. The molecule has 4 aromatic rings. The Balaban J connectivity index is 1.71. The summed E-state index contributed by atoms with van der Waals surface area (Å²) in [5.41, 5.74) is 4.69. The molecule has 1 fully saturated rings. The summed E-state index contributed by atoms with van der Waals surface area (Å²) in [7, 11) is 0. The molecular weight excluding hydrogens is 570 g/mol. The maximum Gasteiger partial charge on any atom is 0.412 e. The number of likely N-dealkylation sites (tertiary alicyclic amines) is 1. The Hall–Kier alpha value is -4.50. The van der Waals surface area contributed by atoms with Crippen molar-refractivity contribution in [2.75, 3.05) is 6.54 Å². The van der Waals surface area contributed by atoms with Crippen molar-refractivity contribution in [1.82, 2.24) is 9.88 Å². The number of pyridine rings is 1. The number of rotatable bonds is 6. The van der Waals surface area contributed by atoms with E-state index in [0.717, 1.165) is 16.6 Å². The maximum absolute atomic E-state index is 15.1. The number of esters is 1. The number of hydrogen-bond donors (Lipinski definition) is 1. The van der Waals surface area contributed by atoms with Gasteiger partial charge >= 0.3 is 12.1 Å². The van der Waals surface area contributed by atoms with Crippen LogP contribution in [0.5, 0.6) is 0 Å². The number of carbonyl (C=O) groups excluding carboxylic acids is 3. The zero-order valence-corrected chi connectivity index (χ0v) is 26.8. The monoisotopic (exact) mass is 611 g/mol. The number of nitrogens with two attached hydrogens (primary N) is 1. The molecule has 9 heteroatoms. The fraction of sp³-hybridized carbons (Fsp3) is 0.389. The summed E-state index contributed by atoms with van der Waals surface area (Å²) in [4.78, 5) is 49.3. The van der Waals surface area contributed by atoms with E-state index in [9.17, 15) is 9.59 Å². The predicted molar refractivity (Wildman–Crippen MR) is 171 cm³/mol. The van der Waals surface area contributed by atoms with E-state index in [1.807, 2.05) is 36.4 Å². The minimum atomic E-state index is -1.99. The van der Waals surface area contributed by atoms with Gasteiger partial charge in [0.05, 0.1) is 12.0 Å². The molecule has 1 amide bonds. The van der Waals surface area contributed by atoms with Gasteiger partial charge in [0, 0.05) is 35.7 Å². The zero-order valence-electron chi connectivity index (χ0n) is 26.8. The Morgan fingerprint density at radius 2 is 1.62 bits per heavy atom. The highest BCUT2D eigenvalue weighted by atomic mass is 16.6. The lowest BCUT2D eigenvalue weighted by atomic mass is 9.62. The molecule has 2 aromatic carbocycles. The van der Waals surface area contributed by atoms with Crippen molar-refractivity contribution >= 4 is 28.8 Å². The van der Waals surface area contributed by atoms with Gasteiger partial charge in [0.2, 0.25) is 0 Å². The van der Waals surface area contributed by atoms with Crippen LogP contribution in [0.1, 0.15) is 65.5 Å². The third kappa shape index (κ3) is 6.09. The van der Waals surface area contributed by atoms with Crippen molar-refractivity contribution in [3.8, 4) is 11.3 Å². The molecular formula is C36H41N3O6. The molecule has 1 aliphatic heterocycles. The molecule has 2 unspecified atom stereocenters. The number of Topliss-reactive ketones (excluding diaryl/α,β-unsaturated/α-hetero) is 1. The van der Waals surface area contributed by atoms with Crippen molar-refractivity contribution in [1.29, 1.82) is 0 Å². The highest BCUT2D eigenvalue weighted by Crippen LogP contribution is 2.51. The summed E-state index contributed by atoms with van der Waals surface area (Å²) in [5.74, 6) is -1.29. The normalized spacial score (nSPS) is 20.6. The molecule has 3 heterocycles. The molecule has 1 saturated heterocycles. The number of aromatic nitrogens is 1.